The number of benzene rings is 1. The monoisotopic (exact) mass is 253 g/mol. The lowest BCUT2D eigenvalue weighted by Crippen LogP contribution is -2.34. The van der Waals surface area contributed by atoms with Gasteiger partial charge in [-0.3, -0.25) is 14.9 Å². The number of rotatable bonds is 5. The predicted octanol–water partition coefficient (Wildman–Crippen LogP) is 0.567. The van der Waals surface area contributed by atoms with E-state index >= 15 is 0 Å². The average Bonchev–Trinajstić information content (AvgIpc) is 2.37. The molecule has 7 nitrogen and oxygen atoms in total. The van der Waals surface area contributed by atoms with E-state index in [2.05, 4.69) is 5.32 Å². The number of hydrogen-bond acceptors (Lipinski definition) is 5. The zero-order valence-electron chi connectivity index (χ0n) is 10.2. The van der Waals surface area contributed by atoms with Crippen LogP contribution in [0.4, 0.5) is 5.69 Å². The van der Waals surface area contributed by atoms with Crippen LogP contribution in [-0.2, 0) is 11.3 Å². The van der Waals surface area contributed by atoms with Gasteiger partial charge in [0, 0.05) is 31.3 Å². The van der Waals surface area contributed by atoms with E-state index in [1.807, 2.05) is 0 Å². The highest BCUT2D eigenvalue weighted by atomic mass is 16.6. The summed E-state index contributed by atoms with van der Waals surface area (Å²) < 4.78 is 5.41. The van der Waals surface area contributed by atoms with Crippen molar-refractivity contribution < 1.29 is 14.5 Å². The first-order valence-corrected chi connectivity index (χ1v) is 5.35. The van der Waals surface area contributed by atoms with Gasteiger partial charge < -0.3 is 15.8 Å². The third-order valence-electron chi connectivity index (χ3n) is 2.39. The first-order valence-electron chi connectivity index (χ1n) is 5.35. The molecule has 0 saturated carbocycles. The van der Waals surface area contributed by atoms with Gasteiger partial charge in [-0.15, -0.1) is 0 Å². The Bertz CT molecular complexity index is 462. The number of nitrogens with one attached hydrogen (secondary N) is 1. The molecule has 0 aliphatic carbocycles. The fourth-order valence-electron chi connectivity index (χ4n) is 1.40. The summed E-state index contributed by atoms with van der Waals surface area (Å²) in [7, 11) is 1.50. The van der Waals surface area contributed by atoms with Gasteiger partial charge in [-0.1, -0.05) is 0 Å². The maximum atomic E-state index is 11.3. The first-order chi connectivity index (χ1) is 8.49. The molecule has 1 aromatic rings. The van der Waals surface area contributed by atoms with Crippen molar-refractivity contribution in [1.82, 2.24) is 5.32 Å². The van der Waals surface area contributed by atoms with Crippen LogP contribution in [-0.4, -0.2) is 24.0 Å². The minimum Gasteiger partial charge on any atom is -0.481 e. The largest absolute Gasteiger partial charge is 0.481 e. The summed E-state index contributed by atoms with van der Waals surface area (Å²) in [5, 5.41) is 13.1. The van der Waals surface area contributed by atoms with Gasteiger partial charge in [0.15, 0.2) is 6.10 Å². The van der Waals surface area contributed by atoms with Crippen molar-refractivity contribution in [1.29, 1.82) is 0 Å². The molecular formula is C11H15N3O4. The molecule has 3 N–H and O–H groups in total. The second-order valence-electron chi connectivity index (χ2n) is 3.63. The normalized spacial score (nSPS) is 11.7. The van der Waals surface area contributed by atoms with Gasteiger partial charge in [-0.25, -0.2) is 0 Å². The molecule has 7 heteroatoms. The van der Waals surface area contributed by atoms with Crippen LogP contribution in [0.15, 0.2) is 18.2 Å². The van der Waals surface area contributed by atoms with Crippen LogP contribution in [0.3, 0.4) is 0 Å². The molecule has 0 bridgehead atoms. The van der Waals surface area contributed by atoms with Gasteiger partial charge in [-0.2, -0.15) is 0 Å². The molecule has 0 aliphatic rings. The highest BCUT2D eigenvalue weighted by Gasteiger charge is 2.16. The minimum atomic E-state index is -0.693. The Morgan fingerprint density at radius 1 is 1.61 bits per heavy atom. The second kappa shape index (κ2) is 5.97. The molecule has 0 fully saturated rings. The lowest BCUT2D eigenvalue weighted by atomic mass is 10.1. The lowest BCUT2D eigenvalue weighted by Gasteiger charge is -2.15. The number of nitrogens with zero attached hydrogens (tertiary/aromatic N) is 1. The van der Waals surface area contributed by atoms with Crippen LogP contribution in [0.2, 0.25) is 0 Å². The Kier molecular flexibility index (Phi) is 4.61. The molecule has 1 rings (SSSR count). The third kappa shape index (κ3) is 3.17. The summed E-state index contributed by atoms with van der Waals surface area (Å²) in [4.78, 5) is 21.4. The maximum Gasteiger partial charge on any atom is 0.270 e. The van der Waals surface area contributed by atoms with Crippen molar-refractivity contribution >= 4 is 11.6 Å². The zero-order valence-corrected chi connectivity index (χ0v) is 10.2. The van der Waals surface area contributed by atoms with E-state index in [-0.39, 0.29) is 18.1 Å². The van der Waals surface area contributed by atoms with Crippen LogP contribution in [0.5, 0.6) is 5.75 Å². The second-order valence-corrected chi connectivity index (χ2v) is 3.63. The molecule has 0 spiro atoms. The Hall–Kier alpha value is -2.15. The molecule has 18 heavy (non-hydrogen) atoms. The van der Waals surface area contributed by atoms with E-state index in [4.69, 9.17) is 10.5 Å². The number of carbonyl (C=O) groups excluding carboxylic acids is 1. The number of hydrogen-bond donors (Lipinski definition) is 2. The summed E-state index contributed by atoms with van der Waals surface area (Å²) in [5.41, 5.74) is 5.93. The summed E-state index contributed by atoms with van der Waals surface area (Å²) >= 11 is 0. The van der Waals surface area contributed by atoms with E-state index in [1.54, 1.807) is 6.92 Å². The van der Waals surface area contributed by atoms with Crippen molar-refractivity contribution in [3.05, 3.63) is 33.9 Å². The van der Waals surface area contributed by atoms with Crippen molar-refractivity contribution in [2.75, 3.05) is 7.05 Å². The van der Waals surface area contributed by atoms with Gasteiger partial charge in [0.2, 0.25) is 0 Å². The standard InChI is InChI=1S/C11H15N3O4/c1-7(11(15)13-2)18-10-4-3-9(14(16)17)5-8(10)6-12/h3-5,7H,6,12H2,1-2H3,(H,13,15). The van der Waals surface area contributed by atoms with E-state index < -0.39 is 11.0 Å². The molecular weight excluding hydrogens is 238 g/mol. The fraction of sp³-hybridized carbons (Fsp3) is 0.364. The zero-order chi connectivity index (χ0) is 13.7. The fourth-order valence-corrected chi connectivity index (χ4v) is 1.40. The molecule has 1 aromatic carbocycles. The number of likely N-dealkylation sites (N-methyl/N-ethyl adjacent to an activating group) is 1. The van der Waals surface area contributed by atoms with E-state index in [0.29, 0.717) is 11.3 Å². The van der Waals surface area contributed by atoms with Gasteiger partial charge in [0.05, 0.1) is 4.92 Å². The summed E-state index contributed by atoms with van der Waals surface area (Å²) in [6.45, 7) is 1.68. The molecule has 0 aromatic heterocycles. The quantitative estimate of drug-likeness (QED) is 0.589. The smallest absolute Gasteiger partial charge is 0.270 e. The maximum absolute atomic E-state index is 11.3. The molecule has 98 valence electrons. The molecule has 0 aliphatic heterocycles. The number of carbonyl (C=O) groups is 1. The minimum absolute atomic E-state index is 0.0598. The van der Waals surface area contributed by atoms with E-state index in [9.17, 15) is 14.9 Å². The summed E-state index contributed by atoms with van der Waals surface area (Å²) in [6.07, 6.45) is -0.693. The Morgan fingerprint density at radius 3 is 2.78 bits per heavy atom. The van der Waals surface area contributed by atoms with Crippen LogP contribution in [0.1, 0.15) is 12.5 Å². The third-order valence-corrected chi connectivity index (χ3v) is 2.39. The first kappa shape index (κ1) is 13.9. The number of nitrogens with two attached hydrogens (primary N) is 1. The molecule has 0 saturated heterocycles. The number of nitro benzene ring substituents is 1. The predicted molar refractivity (Wildman–Crippen MR) is 65.1 cm³/mol. The molecule has 1 amide bonds. The summed E-state index contributed by atoms with van der Waals surface area (Å²) in [6, 6.07) is 4.09. The van der Waals surface area contributed by atoms with Gasteiger partial charge in [0.1, 0.15) is 5.75 Å². The Labute approximate surface area is 104 Å². The van der Waals surface area contributed by atoms with Crippen LogP contribution < -0.4 is 15.8 Å². The number of ether oxygens (including phenoxy) is 1. The van der Waals surface area contributed by atoms with Crippen molar-refractivity contribution in [2.45, 2.75) is 19.6 Å². The van der Waals surface area contributed by atoms with Crippen molar-refractivity contribution in [2.24, 2.45) is 5.73 Å². The van der Waals surface area contributed by atoms with Crippen LogP contribution in [0, 0.1) is 10.1 Å². The highest BCUT2D eigenvalue weighted by Crippen LogP contribution is 2.24. The van der Waals surface area contributed by atoms with Crippen LogP contribution in [0.25, 0.3) is 0 Å². The van der Waals surface area contributed by atoms with Crippen molar-refractivity contribution in [3.63, 3.8) is 0 Å². The topological polar surface area (TPSA) is 107 Å². The SMILES string of the molecule is CNC(=O)C(C)Oc1ccc([N+](=O)[O-])cc1CN. The van der Waals surface area contributed by atoms with Gasteiger partial charge in [0.25, 0.3) is 11.6 Å². The number of nitro groups is 1. The van der Waals surface area contributed by atoms with E-state index in [1.165, 1.54) is 25.2 Å². The Morgan fingerprint density at radius 2 is 2.28 bits per heavy atom. The summed E-state index contributed by atoms with van der Waals surface area (Å²) in [5.74, 6) is 0.0931. The Balaban J connectivity index is 2.96. The molecule has 1 unspecified atom stereocenters. The van der Waals surface area contributed by atoms with Gasteiger partial charge >= 0.3 is 0 Å². The van der Waals surface area contributed by atoms with E-state index in [0.717, 1.165) is 0 Å². The number of non-ortho nitro benzene ring substituents is 1. The molecule has 0 heterocycles. The van der Waals surface area contributed by atoms with Gasteiger partial charge in [-0.05, 0) is 13.0 Å². The van der Waals surface area contributed by atoms with Crippen LogP contribution >= 0.6 is 0 Å². The molecule has 1 atom stereocenters. The highest BCUT2D eigenvalue weighted by molar-refractivity contribution is 5.80. The molecule has 0 radical (unpaired) electrons. The average molecular weight is 253 g/mol. The van der Waals surface area contributed by atoms with Crippen molar-refractivity contribution in [3.8, 4) is 5.75 Å². The number of amides is 1. The lowest BCUT2D eigenvalue weighted by molar-refractivity contribution is -0.384.